The largest absolute Gasteiger partial charge is 0.379 e. The van der Waals surface area contributed by atoms with Gasteiger partial charge in [0.25, 0.3) is 0 Å². The molecule has 1 aromatic carbocycles. The first kappa shape index (κ1) is 22.1. The molecule has 1 unspecified atom stereocenters. The van der Waals surface area contributed by atoms with Crippen LogP contribution in [0.15, 0.2) is 46.1 Å². The fourth-order valence-electron chi connectivity index (χ4n) is 3.22. The van der Waals surface area contributed by atoms with Crippen molar-refractivity contribution < 1.29 is 4.74 Å². The van der Waals surface area contributed by atoms with Gasteiger partial charge in [-0.05, 0) is 34.9 Å². The Morgan fingerprint density at radius 3 is 2.74 bits per heavy atom. The van der Waals surface area contributed by atoms with E-state index in [0.29, 0.717) is 6.04 Å². The minimum absolute atomic E-state index is 0. The molecule has 0 radical (unpaired) electrons. The molecule has 5 nitrogen and oxygen atoms in total. The van der Waals surface area contributed by atoms with E-state index in [4.69, 9.17) is 4.74 Å². The molecule has 2 aromatic rings. The predicted octanol–water partition coefficient (Wildman–Crippen LogP) is 3.41. The SMILES string of the molecule is CN=C(NCc1ccsc1)NCC(c1cccc(C)c1)N1CCOCC1.I. The molecule has 2 heterocycles. The molecule has 1 saturated heterocycles. The van der Waals surface area contributed by atoms with Gasteiger partial charge < -0.3 is 15.4 Å². The number of hydrogen-bond donors (Lipinski definition) is 2. The maximum absolute atomic E-state index is 5.54. The monoisotopic (exact) mass is 500 g/mol. The number of aryl methyl sites for hydroxylation is 1. The summed E-state index contributed by atoms with van der Waals surface area (Å²) in [5.41, 5.74) is 3.91. The third-order valence-electron chi connectivity index (χ3n) is 4.64. The van der Waals surface area contributed by atoms with Crippen molar-refractivity contribution in [1.82, 2.24) is 15.5 Å². The topological polar surface area (TPSA) is 48.9 Å². The maximum Gasteiger partial charge on any atom is 0.191 e. The zero-order valence-corrected chi connectivity index (χ0v) is 19.1. The summed E-state index contributed by atoms with van der Waals surface area (Å²) >= 11 is 1.72. The number of hydrogen-bond acceptors (Lipinski definition) is 4. The second kappa shape index (κ2) is 11.6. The van der Waals surface area contributed by atoms with Gasteiger partial charge in [0.2, 0.25) is 0 Å². The molecule has 27 heavy (non-hydrogen) atoms. The average Bonchev–Trinajstić information content (AvgIpc) is 3.19. The van der Waals surface area contributed by atoms with Crippen molar-refractivity contribution in [3.05, 3.63) is 57.8 Å². The molecule has 1 atom stereocenters. The number of ether oxygens (including phenoxy) is 1. The van der Waals surface area contributed by atoms with E-state index in [0.717, 1.165) is 45.4 Å². The second-order valence-electron chi connectivity index (χ2n) is 6.52. The first-order valence-corrected chi connectivity index (χ1v) is 10.0. The summed E-state index contributed by atoms with van der Waals surface area (Å²) in [5.74, 6) is 0.835. The fraction of sp³-hybridized carbons (Fsp3) is 0.450. The molecule has 1 fully saturated rings. The van der Waals surface area contributed by atoms with Gasteiger partial charge in [-0.15, -0.1) is 24.0 Å². The van der Waals surface area contributed by atoms with Gasteiger partial charge >= 0.3 is 0 Å². The molecule has 3 rings (SSSR count). The highest BCUT2D eigenvalue weighted by Gasteiger charge is 2.23. The zero-order valence-electron chi connectivity index (χ0n) is 16.0. The van der Waals surface area contributed by atoms with Crippen LogP contribution in [-0.2, 0) is 11.3 Å². The van der Waals surface area contributed by atoms with Crippen LogP contribution in [0.4, 0.5) is 0 Å². The lowest BCUT2D eigenvalue weighted by atomic mass is 10.0. The average molecular weight is 500 g/mol. The van der Waals surface area contributed by atoms with Crippen LogP contribution in [0, 0.1) is 6.92 Å². The predicted molar refractivity (Wildman–Crippen MR) is 124 cm³/mol. The van der Waals surface area contributed by atoms with E-state index < -0.39 is 0 Å². The molecule has 0 spiro atoms. The Balaban J connectivity index is 0.00000261. The molecule has 0 amide bonds. The minimum atomic E-state index is 0. The van der Waals surface area contributed by atoms with E-state index in [9.17, 15) is 0 Å². The van der Waals surface area contributed by atoms with Crippen LogP contribution >= 0.6 is 35.3 Å². The van der Waals surface area contributed by atoms with E-state index in [-0.39, 0.29) is 24.0 Å². The first-order valence-electron chi connectivity index (χ1n) is 9.10. The second-order valence-corrected chi connectivity index (χ2v) is 7.30. The summed E-state index contributed by atoms with van der Waals surface area (Å²) in [6.07, 6.45) is 0. The molecule has 1 aliphatic rings. The Morgan fingerprint density at radius 1 is 1.26 bits per heavy atom. The molecule has 7 heteroatoms. The number of nitrogens with zero attached hydrogens (tertiary/aromatic N) is 2. The van der Waals surface area contributed by atoms with Gasteiger partial charge in [-0.3, -0.25) is 9.89 Å². The van der Waals surface area contributed by atoms with E-state index in [1.54, 1.807) is 11.3 Å². The molecule has 1 aromatic heterocycles. The van der Waals surface area contributed by atoms with Crippen LogP contribution in [0.1, 0.15) is 22.7 Å². The van der Waals surface area contributed by atoms with Crippen molar-refractivity contribution >= 4 is 41.3 Å². The lowest BCUT2D eigenvalue weighted by Gasteiger charge is -2.35. The summed E-state index contributed by atoms with van der Waals surface area (Å²) in [7, 11) is 1.82. The smallest absolute Gasteiger partial charge is 0.191 e. The van der Waals surface area contributed by atoms with Crippen LogP contribution in [0.2, 0.25) is 0 Å². The summed E-state index contributed by atoms with van der Waals surface area (Å²) in [6, 6.07) is 11.2. The summed E-state index contributed by atoms with van der Waals surface area (Å²) in [6.45, 7) is 7.26. The number of nitrogens with one attached hydrogen (secondary N) is 2. The quantitative estimate of drug-likeness (QED) is 0.363. The fourth-order valence-corrected chi connectivity index (χ4v) is 3.89. The Labute approximate surface area is 183 Å². The summed E-state index contributed by atoms with van der Waals surface area (Å²) < 4.78 is 5.54. The Morgan fingerprint density at radius 2 is 2.07 bits per heavy atom. The number of aliphatic imine (C=N–C) groups is 1. The van der Waals surface area contributed by atoms with Crippen molar-refractivity contribution in [2.45, 2.75) is 19.5 Å². The third-order valence-corrected chi connectivity index (χ3v) is 5.37. The number of benzene rings is 1. The normalized spacial score (nSPS) is 16.4. The lowest BCUT2D eigenvalue weighted by molar-refractivity contribution is 0.0170. The third kappa shape index (κ3) is 6.74. The molecule has 0 saturated carbocycles. The number of morpholine rings is 1. The van der Waals surface area contributed by atoms with Crippen molar-refractivity contribution in [3.8, 4) is 0 Å². The summed E-state index contributed by atoms with van der Waals surface area (Å²) in [4.78, 5) is 6.87. The Hall–Kier alpha value is -1.16. The van der Waals surface area contributed by atoms with Gasteiger partial charge in [-0.2, -0.15) is 11.3 Å². The molecular weight excluding hydrogens is 471 g/mol. The molecular formula is C20H29IN4OS. The van der Waals surface area contributed by atoms with Gasteiger partial charge in [0.1, 0.15) is 0 Å². The number of thiophene rings is 1. The van der Waals surface area contributed by atoms with E-state index >= 15 is 0 Å². The maximum atomic E-state index is 5.54. The van der Waals surface area contributed by atoms with E-state index in [2.05, 4.69) is 68.5 Å². The Kier molecular flexibility index (Phi) is 9.53. The highest BCUT2D eigenvalue weighted by Crippen LogP contribution is 2.22. The van der Waals surface area contributed by atoms with Crippen molar-refractivity contribution in [1.29, 1.82) is 0 Å². The van der Waals surface area contributed by atoms with Gasteiger partial charge in [0, 0.05) is 33.2 Å². The highest BCUT2D eigenvalue weighted by molar-refractivity contribution is 14.0. The van der Waals surface area contributed by atoms with Crippen LogP contribution in [0.3, 0.4) is 0 Å². The lowest BCUT2D eigenvalue weighted by Crippen LogP contribution is -2.46. The van der Waals surface area contributed by atoms with Gasteiger partial charge in [-0.25, -0.2) is 0 Å². The van der Waals surface area contributed by atoms with Crippen molar-refractivity contribution in [2.24, 2.45) is 4.99 Å². The molecule has 1 aliphatic heterocycles. The zero-order chi connectivity index (χ0) is 18.2. The summed E-state index contributed by atoms with van der Waals surface area (Å²) in [5, 5.41) is 11.2. The standard InChI is InChI=1S/C20H28N4OS.HI/c1-16-4-3-5-18(12-16)19(24-7-9-25-10-8-24)14-23-20(21-2)22-13-17-6-11-26-15-17;/h3-6,11-12,15,19H,7-10,13-14H2,1-2H3,(H2,21,22,23);1H. The Bertz CT molecular complexity index is 702. The van der Waals surface area contributed by atoms with Crippen molar-refractivity contribution in [2.75, 3.05) is 39.9 Å². The first-order chi connectivity index (χ1) is 12.8. The van der Waals surface area contributed by atoms with Crippen molar-refractivity contribution in [3.63, 3.8) is 0 Å². The van der Waals surface area contributed by atoms with Gasteiger partial charge in [0.05, 0.1) is 19.3 Å². The van der Waals surface area contributed by atoms with Crippen LogP contribution in [0.25, 0.3) is 0 Å². The van der Waals surface area contributed by atoms with Crippen LogP contribution < -0.4 is 10.6 Å². The highest BCUT2D eigenvalue weighted by atomic mass is 127. The number of rotatable bonds is 6. The minimum Gasteiger partial charge on any atom is -0.379 e. The molecule has 0 aliphatic carbocycles. The molecule has 0 bridgehead atoms. The molecule has 148 valence electrons. The van der Waals surface area contributed by atoms with Crippen LogP contribution in [0.5, 0.6) is 0 Å². The van der Waals surface area contributed by atoms with E-state index in [1.807, 2.05) is 7.05 Å². The van der Waals surface area contributed by atoms with Crippen LogP contribution in [-0.4, -0.2) is 50.8 Å². The number of halogens is 1. The van der Waals surface area contributed by atoms with E-state index in [1.165, 1.54) is 16.7 Å². The van der Waals surface area contributed by atoms with Gasteiger partial charge in [-0.1, -0.05) is 29.8 Å². The number of guanidine groups is 1. The molecule has 2 N–H and O–H groups in total. The van der Waals surface area contributed by atoms with Gasteiger partial charge in [0.15, 0.2) is 5.96 Å².